The molecule has 0 fully saturated rings. The molecule has 10 N–H and O–H groups in total. The minimum atomic E-state index is -1.48. The van der Waals surface area contributed by atoms with Crippen LogP contribution >= 0.6 is 0 Å². The maximum absolute atomic E-state index is 13.6. The molecule has 0 aliphatic carbocycles. The lowest BCUT2D eigenvalue weighted by atomic mass is 9.93. The number of ketones is 2. The van der Waals surface area contributed by atoms with Crippen molar-refractivity contribution in [3.8, 4) is 0 Å². The Balaban J connectivity index is 3.24. The Hall–Kier alpha value is -3.69. The van der Waals surface area contributed by atoms with Gasteiger partial charge in [0.2, 0.25) is 35.2 Å². The first kappa shape index (κ1) is 37.3. The van der Waals surface area contributed by atoms with E-state index in [1.54, 1.807) is 0 Å². The summed E-state index contributed by atoms with van der Waals surface area (Å²) < 4.78 is 0. The molecule has 1 aromatic heterocycles. The van der Waals surface area contributed by atoms with E-state index in [0.717, 1.165) is 12.8 Å². The van der Waals surface area contributed by atoms with E-state index in [0.29, 0.717) is 18.7 Å². The fraction of sp³-hybridized carbons (Fsp3) is 0.679. The van der Waals surface area contributed by atoms with Crippen molar-refractivity contribution in [3.63, 3.8) is 0 Å². The first-order chi connectivity index (χ1) is 20.3. The monoisotopic (exact) mass is 607 g/mol. The van der Waals surface area contributed by atoms with Crippen LogP contribution in [0.2, 0.25) is 0 Å². The van der Waals surface area contributed by atoms with Gasteiger partial charge in [0, 0.05) is 18.3 Å². The highest BCUT2D eigenvalue weighted by molar-refractivity contribution is 6.41. The van der Waals surface area contributed by atoms with Crippen molar-refractivity contribution in [1.29, 1.82) is 0 Å². The number of nitrogens with zero attached hydrogens (tertiary/aromatic N) is 1. The number of imidazole rings is 1. The van der Waals surface area contributed by atoms with E-state index in [4.69, 9.17) is 11.6 Å². The van der Waals surface area contributed by atoms with Gasteiger partial charge >= 0.3 is 0 Å². The summed E-state index contributed by atoms with van der Waals surface area (Å²) in [6.45, 7) is 9.88. The molecule has 4 amide bonds. The van der Waals surface area contributed by atoms with Crippen LogP contribution in [0.3, 0.4) is 0 Å². The van der Waals surface area contributed by atoms with Gasteiger partial charge in [-0.05, 0) is 37.6 Å². The van der Waals surface area contributed by atoms with Gasteiger partial charge in [-0.25, -0.2) is 4.98 Å². The molecule has 15 heteroatoms. The smallest absolute Gasteiger partial charge is 0.243 e. The third-order valence-corrected chi connectivity index (χ3v) is 6.46. The van der Waals surface area contributed by atoms with Crippen LogP contribution in [0.4, 0.5) is 0 Å². The minimum absolute atomic E-state index is 0.0163. The summed E-state index contributed by atoms with van der Waals surface area (Å²) in [7, 11) is 0. The largest absolute Gasteiger partial charge is 0.370 e. The van der Waals surface area contributed by atoms with E-state index in [2.05, 4.69) is 36.7 Å². The van der Waals surface area contributed by atoms with Gasteiger partial charge in [-0.3, -0.25) is 40.0 Å². The fourth-order valence-corrected chi connectivity index (χ4v) is 4.37. The maximum Gasteiger partial charge on any atom is 0.243 e. The second-order valence-electron chi connectivity index (χ2n) is 11.4. The number of Topliss-reactive ketones (excluding diaryl/α,β-unsaturated/α-hetero) is 2. The number of aromatic nitrogens is 2. The molecule has 0 aromatic carbocycles. The number of nitrogens with two attached hydrogens (primary N) is 2. The van der Waals surface area contributed by atoms with Crippen LogP contribution in [0.15, 0.2) is 12.5 Å². The lowest BCUT2D eigenvalue weighted by Gasteiger charge is -2.26. The molecule has 0 saturated heterocycles. The predicted molar refractivity (Wildman–Crippen MR) is 160 cm³/mol. The van der Waals surface area contributed by atoms with Crippen molar-refractivity contribution in [2.45, 2.75) is 97.3 Å². The van der Waals surface area contributed by atoms with Crippen molar-refractivity contribution < 1.29 is 28.8 Å². The molecular formula is C28H49N9O6. The van der Waals surface area contributed by atoms with Gasteiger partial charge in [0.15, 0.2) is 0 Å². The number of carbonyl (C=O) groups is 6. The molecule has 0 aliphatic heterocycles. The topological polar surface area (TPSA) is 243 Å². The van der Waals surface area contributed by atoms with Crippen LogP contribution in [0.25, 0.3) is 0 Å². The van der Waals surface area contributed by atoms with Gasteiger partial charge in [-0.2, -0.15) is 0 Å². The van der Waals surface area contributed by atoms with E-state index >= 15 is 0 Å². The van der Waals surface area contributed by atoms with Crippen molar-refractivity contribution in [2.75, 3.05) is 13.1 Å². The highest BCUT2D eigenvalue weighted by Gasteiger charge is 2.35. The first-order valence-corrected chi connectivity index (χ1v) is 14.7. The number of aromatic amines is 1. The van der Waals surface area contributed by atoms with Crippen LogP contribution in [0.1, 0.15) is 72.4 Å². The Morgan fingerprint density at radius 3 is 1.98 bits per heavy atom. The zero-order valence-corrected chi connectivity index (χ0v) is 25.8. The lowest BCUT2D eigenvalue weighted by molar-refractivity contribution is -0.141. The van der Waals surface area contributed by atoms with Crippen LogP contribution in [-0.2, 0) is 35.2 Å². The molecule has 1 rings (SSSR count). The summed E-state index contributed by atoms with van der Waals surface area (Å²) in [5.41, 5.74) is 8.05. The molecule has 4 atom stereocenters. The maximum atomic E-state index is 13.6. The molecular weight excluding hydrogens is 558 g/mol. The third-order valence-electron chi connectivity index (χ3n) is 6.46. The Morgan fingerprint density at radius 1 is 0.860 bits per heavy atom. The van der Waals surface area contributed by atoms with E-state index in [-0.39, 0.29) is 31.2 Å². The molecule has 0 spiro atoms. The third kappa shape index (κ3) is 14.4. The van der Waals surface area contributed by atoms with Crippen LogP contribution < -0.4 is 38.3 Å². The Labute approximate surface area is 252 Å². The second kappa shape index (κ2) is 19.5. The fourth-order valence-electron chi connectivity index (χ4n) is 4.37. The van der Waals surface area contributed by atoms with Gasteiger partial charge in [0.1, 0.15) is 18.1 Å². The quantitative estimate of drug-likeness (QED) is 0.0336. The minimum Gasteiger partial charge on any atom is -0.370 e. The predicted octanol–water partition coefficient (Wildman–Crippen LogP) is -1.27. The molecule has 0 radical (unpaired) electrons. The van der Waals surface area contributed by atoms with Crippen molar-refractivity contribution in [3.05, 3.63) is 18.2 Å². The number of unbranched alkanes of at least 4 members (excludes halogenated alkanes) is 1. The first-order valence-electron chi connectivity index (χ1n) is 14.7. The average molecular weight is 608 g/mol. The summed E-state index contributed by atoms with van der Waals surface area (Å²) in [5, 5.41) is 10.7. The molecule has 0 aliphatic rings. The SMILES string of the molecule is CCCCN[C@@H](CC(C)C)C(=O)C(=O)[C@H](Cc1cnc[nH]1)NC(=O)C(CC(N)=O)NC(=O)[C@H](CC(C)C)NC(=O)CNN. The number of amides is 4. The number of primary amides is 1. The summed E-state index contributed by atoms with van der Waals surface area (Å²) in [5.74, 6) is 0.718. The molecule has 242 valence electrons. The van der Waals surface area contributed by atoms with Gasteiger partial charge < -0.3 is 32.0 Å². The summed E-state index contributed by atoms with van der Waals surface area (Å²) in [6.07, 6.45) is 4.55. The molecule has 1 aromatic rings. The average Bonchev–Trinajstić information content (AvgIpc) is 3.43. The summed E-state index contributed by atoms with van der Waals surface area (Å²) in [4.78, 5) is 84.3. The van der Waals surface area contributed by atoms with Gasteiger partial charge in [0.05, 0.1) is 25.3 Å². The van der Waals surface area contributed by atoms with Crippen LogP contribution in [-0.4, -0.2) is 82.4 Å². The van der Waals surface area contributed by atoms with Crippen molar-refractivity contribution >= 4 is 35.2 Å². The second-order valence-corrected chi connectivity index (χ2v) is 11.4. The number of hydrogen-bond acceptors (Lipinski definition) is 10. The molecule has 1 heterocycles. The van der Waals surface area contributed by atoms with Crippen molar-refractivity contribution in [1.82, 2.24) is 36.7 Å². The highest BCUT2D eigenvalue weighted by atomic mass is 16.2. The number of H-pyrrole nitrogens is 1. The summed E-state index contributed by atoms with van der Waals surface area (Å²) >= 11 is 0. The number of nitrogens with one attached hydrogen (secondary N) is 6. The number of hydrogen-bond donors (Lipinski definition) is 8. The standard InChI is InChI=1S/C28H49N9O6/c1-6-7-8-32-19(9-16(2)3)25(40)26(41)20(11-18-13-31-15-33-18)36-28(43)22(12-23(29)38)37-27(42)21(10-17(4)5)35-24(39)14-34-30/h13,15-17,19-22,32,34H,6-12,14,30H2,1-5H3,(H2,29,38)(H,31,33)(H,35,39)(H,36,43)(H,37,42)/t19-,20-,21-,22?/m0/s1. The number of carbonyl (C=O) groups excluding carboxylic acids is 6. The van der Waals surface area contributed by atoms with Gasteiger partial charge in [0.25, 0.3) is 0 Å². The molecule has 43 heavy (non-hydrogen) atoms. The highest BCUT2D eigenvalue weighted by Crippen LogP contribution is 2.11. The number of hydrazine groups is 1. The molecule has 0 saturated carbocycles. The molecule has 1 unspecified atom stereocenters. The van der Waals surface area contributed by atoms with E-state index in [1.807, 2.05) is 34.6 Å². The zero-order chi connectivity index (χ0) is 32.5. The Kier molecular flexibility index (Phi) is 16.9. The molecule has 0 bridgehead atoms. The Bertz CT molecular complexity index is 1060. The van der Waals surface area contributed by atoms with Crippen molar-refractivity contribution in [2.24, 2.45) is 23.4 Å². The normalized spacial score (nSPS) is 14.0. The lowest BCUT2D eigenvalue weighted by Crippen LogP contribution is -2.58. The van der Waals surface area contributed by atoms with E-state index < -0.39 is 65.8 Å². The zero-order valence-electron chi connectivity index (χ0n) is 25.8. The van der Waals surface area contributed by atoms with E-state index in [9.17, 15) is 28.8 Å². The Morgan fingerprint density at radius 2 is 1.44 bits per heavy atom. The van der Waals surface area contributed by atoms with Gasteiger partial charge in [-0.1, -0.05) is 41.0 Å². The number of rotatable bonds is 22. The summed E-state index contributed by atoms with van der Waals surface area (Å²) in [6, 6.07) is -4.59. The van der Waals surface area contributed by atoms with Crippen LogP contribution in [0, 0.1) is 11.8 Å². The van der Waals surface area contributed by atoms with Crippen LogP contribution in [0.5, 0.6) is 0 Å². The van der Waals surface area contributed by atoms with E-state index in [1.165, 1.54) is 12.5 Å². The molecule has 15 nitrogen and oxygen atoms in total. The van der Waals surface area contributed by atoms with Gasteiger partial charge in [-0.15, -0.1) is 0 Å².